The molecule has 0 unspecified atom stereocenters. The van der Waals surface area contributed by atoms with E-state index in [1.165, 1.54) is 0 Å². The second-order valence-corrected chi connectivity index (χ2v) is 3.34. The number of rotatable bonds is 3. The minimum atomic E-state index is -1.30. The SMILES string of the molecule is O=C(O)c1cc(-c2cc([N+](=O)[O-])ccc2O)on1. The van der Waals surface area contributed by atoms with Crippen molar-refractivity contribution in [1.29, 1.82) is 0 Å². The summed E-state index contributed by atoms with van der Waals surface area (Å²) >= 11 is 0. The van der Waals surface area contributed by atoms with Crippen LogP contribution in [0.2, 0.25) is 0 Å². The summed E-state index contributed by atoms with van der Waals surface area (Å²) in [6.45, 7) is 0. The first-order chi connectivity index (χ1) is 8.49. The average molecular weight is 250 g/mol. The van der Waals surface area contributed by atoms with Gasteiger partial charge in [-0.3, -0.25) is 10.1 Å². The van der Waals surface area contributed by atoms with Crippen molar-refractivity contribution < 1.29 is 24.5 Å². The van der Waals surface area contributed by atoms with Crippen molar-refractivity contribution in [2.24, 2.45) is 0 Å². The van der Waals surface area contributed by atoms with E-state index in [1.54, 1.807) is 0 Å². The molecule has 0 fully saturated rings. The largest absolute Gasteiger partial charge is 0.507 e. The number of nitro benzene ring substituents is 1. The number of aromatic hydroxyl groups is 1. The van der Waals surface area contributed by atoms with E-state index in [0.717, 1.165) is 24.3 Å². The smallest absolute Gasteiger partial charge is 0.358 e. The number of phenols is 1. The molecule has 0 radical (unpaired) electrons. The lowest BCUT2D eigenvalue weighted by molar-refractivity contribution is -0.384. The number of non-ortho nitro benzene ring substituents is 1. The minimum absolute atomic E-state index is 0.00389. The fourth-order valence-electron chi connectivity index (χ4n) is 1.34. The van der Waals surface area contributed by atoms with Gasteiger partial charge < -0.3 is 14.7 Å². The molecule has 0 amide bonds. The predicted molar refractivity (Wildman–Crippen MR) is 57.2 cm³/mol. The average Bonchev–Trinajstić information content (AvgIpc) is 2.78. The molecule has 0 saturated heterocycles. The summed E-state index contributed by atoms with van der Waals surface area (Å²) in [4.78, 5) is 20.6. The monoisotopic (exact) mass is 250 g/mol. The van der Waals surface area contributed by atoms with Gasteiger partial charge in [-0.25, -0.2) is 4.79 Å². The van der Waals surface area contributed by atoms with Crippen LogP contribution in [0.25, 0.3) is 11.3 Å². The molecule has 0 bridgehead atoms. The maximum Gasteiger partial charge on any atom is 0.358 e. The number of nitro groups is 1. The van der Waals surface area contributed by atoms with Crippen LogP contribution < -0.4 is 0 Å². The van der Waals surface area contributed by atoms with Crippen LogP contribution in [-0.2, 0) is 0 Å². The van der Waals surface area contributed by atoms with Crippen LogP contribution in [-0.4, -0.2) is 26.3 Å². The topological polar surface area (TPSA) is 127 Å². The number of aromatic carboxylic acids is 1. The van der Waals surface area contributed by atoms with E-state index in [0.29, 0.717) is 0 Å². The van der Waals surface area contributed by atoms with Gasteiger partial charge in [-0.2, -0.15) is 0 Å². The number of hydrogen-bond donors (Lipinski definition) is 2. The number of carbonyl (C=O) groups is 1. The van der Waals surface area contributed by atoms with Crippen LogP contribution in [0, 0.1) is 10.1 Å². The molecule has 0 spiro atoms. The van der Waals surface area contributed by atoms with E-state index in [9.17, 15) is 20.0 Å². The number of hydrogen-bond acceptors (Lipinski definition) is 6. The molecule has 0 saturated carbocycles. The van der Waals surface area contributed by atoms with Crippen molar-refractivity contribution >= 4 is 11.7 Å². The zero-order valence-electron chi connectivity index (χ0n) is 8.73. The number of aromatic nitrogens is 1. The second-order valence-electron chi connectivity index (χ2n) is 3.34. The highest BCUT2D eigenvalue weighted by Crippen LogP contribution is 2.32. The Morgan fingerprint density at radius 3 is 2.67 bits per heavy atom. The molecule has 2 aromatic rings. The van der Waals surface area contributed by atoms with Crippen molar-refractivity contribution in [3.05, 3.63) is 40.1 Å². The summed E-state index contributed by atoms with van der Waals surface area (Å²) in [6, 6.07) is 4.38. The molecule has 1 aromatic carbocycles. The van der Waals surface area contributed by atoms with Gasteiger partial charge in [0.25, 0.3) is 5.69 Å². The molecule has 0 aliphatic heterocycles. The first-order valence-corrected chi connectivity index (χ1v) is 4.67. The lowest BCUT2D eigenvalue weighted by Crippen LogP contribution is -1.94. The maximum atomic E-state index is 10.6. The van der Waals surface area contributed by atoms with Crippen molar-refractivity contribution in [1.82, 2.24) is 5.16 Å². The fraction of sp³-hybridized carbons (Fsp3) is 0. The van der Waals surface area contributed by atoms with Gasteiger partial charge in [-0.15, -0.1) is 0 Å². The molecule has 8 nitrogen and oxygen atoms in total. The minimum Gasteiger partial charge on any atom is -0.507 e. The van der Waals surface area contributed by atoms with E-state index >= 15 is 0 Å². The van der Waals surface area contributed by atoms with E-state index in [1.807, 2.05) is 0 Å². The molecule has 2 N–H and O–H groups in total. The molecule has 18 heavy (non-hydrogen) atoms. The molecule has 1 heterocycles. The Morgan fingerprint density at radius 2 is 2.11 bits per heavy atom. The van der Waals surface area contributed by atoms with Crippen molar-refractivity contribution in [3.63, 3.8) is 0 Å². The zero-order chi connectivity index (χ0) is 13.3. The number of carboxylic acid groups (broad SMARTS) is 1. The quantitative estimate of drug-likeness (QED) is 0.626. The Labute approximate surface area is 99.2 Å². The Bertz CT molecular complexity index is 633. The van der Waals surface area contributed by atoms with Gasteiger partial charge in [0.15, 0.2) is 11.5 Å². The van der Waals surface area contributed by atoms with Gasteiger partial charge >= 0.3 is 5.97 Å². The van der Waals surface area contributed by atoms with Crippen LogP contribution in [0.5, 0.6) is 5.75 Å². The molecule has 2 rings (SSSR count). The summed E-state index contributed by atoms with van der Waals surface area (Å²) in [7, 11) is 0. The normalized spacial score (nSPS) is 10.2. The third-order valence-corrected chi connectivity index (χ3v) is 2.19. The number of phenolic OH excluding ortho intramolecular Hbond substituents is 1. The summed E-state index contributed by atoms with van der Waals surface area (Å²) in [6.07, 6.45) is 0. The molecular weight excluding hydrogens is 244 g/mol. The van der Waals surface area contributed by atoms with Crippen LogP contribution in [0.15, 0.2) is 28.8 Å². The van der Waals surface area contributed by atoms with Crippen LogP contribution >= 0.6 is 0 Å². The van der Waals surface area contributed by atoms with Crippen LogP contribution in [0.4, 0.5) is 5.69 Å². The lowest BCUT2D eigenvalue weighted by Gasteiger charge is -1.99. The molecule has 0 atom stereocenters. The van der Waals surface area contributed by atoms with Crippen molar-refractivity contribution in [2.75, 3.05) is 0 Å². The third-order valence-electron chi connectivity index (χ3n) is 2.19. The first kappa shape index (κ1) is 11.6. The van der Waals surface area contributed by atoms with Crippen molar-refractivity contribution in [3.8, 4) is 17.1 Å². The second kappa shape index (κ2) is 4.17. The third kappa shape index (κ3) is 1.98. The number of benzene rings is 1. The van der Waals surface area contributed by atoms with Gasteiger partial charge in [0, 0.05) is 18.2 Å². The first-order valence-electron chi connectivity index (χ1n) is 4.67. The van der Waals surface area contributed by atoms with Crippen LogP contribution in [0.3, 0.4) is 0 Å². The molecular formula is C10H6N2O6. The van der Waals surface area contributed by atoms with E-state index in [-0.39, 0.29) is 28.5 Å². The summed E-state index contributed by atoms with van der Waals surface area (Å²) in [5.41, 5.74) is -0.601. The fourth-order valence-corrected chi connectivity index (χ4v) is 1.34. The Morgan fingerprint density at radius 1 is 1.39 bits per heavy atom. The number of carboxylic acids is 1. The van der Waals surface area contributed by atoms with Crippen LogP contribution in [0.1, 0.15) is 10.5 Å². The van der Waals surface area contributed by atoms with Gasteiger partial charge in [0.2, 0.25) is 0 Å². The summed E-state index contributed by atoms with van der Waals surface area (Å²) in [5, 5.41) is 32.1. The molecule has 92 valence electrons. The summed E-state index contributed by atoms with van der Waals surface area (Å²) in [5.74, 6) is -1.63. The van der Waals surface area contributed by atoms with E-state index < -0.39 is 10.9 Å². The van der Waals surface area contributed by atoms with E-state index in [2.05, 4.69) is 5.16 Å². The molecule has 0 aliphatic carbocycles. The highest BCUT2D eigenvalue weighted by Gasteiger charge is 2.17. The summed E-state index contributed by atoms with van der Waals surface area (Å²) < 4.78 is 4.71. The molecule has 8 heteroatoms. The Hall–Kier alpha value is -2.90. The predicted octanol–water partition coefficient (Wildman–Crippen LogP) is 1.65. The molecule has 0 aliphatic rings. The standard InChI is InChI=1S/C10H6N2O6/c13-8-2-1-5(12(16)17)3-6(8)9-4-7(10(14)15)11-18-9/h1-4,13H,(H,14,15). The van der Waals surface area contributed by atoms with Gasteiger partial charge in [-0.05, 0) is 6.07 Å². The highest BCUT2D eigenvalue weighted by molar-refractivity contribution is 5.86. The Balaban J connectivity index is 2.51. The molecule has 1 aromatic heterocycles. The van der Waals surface area contributed by atoms with Gasteiger partial charge in [0.05, 0.1) is 10.5 Å². The Kier molecular flexibility index (Phi) is 2.68. The number of nitrogens with zero attached hydrogens (tertiary/aromatic N) is 2. The van der Waals surface area contributed by atoms with Gasteiger partial charge in [-0.1, -0.05) is 5.16 Å². The van der Waals surface area contributed by atoms with E-state index in [4.69, 9.17) is 9.63 Å². The highest BCUT2D eigenvalue weighted by atomic mass is 16.6. The van der Waals surface area contributed by atoms with Gasteiger partial charge in [0.1, 0.15) is 5.75 Å². The lowest BCUT2D eigenvalue weighted by atomic mass is 10.1. The maximum absolute atomic E-state index is 10.6. The zero-order valence-corrected chi connectivity index (χ0v) is 8.73. The van der Waals surface area contributed by atoms with Crippen molar-refractivity contribution in [2.45, 2.75) is 0 Å².